The molecule has 0 aliphatic carbocycles. The molecule has 20 heavy (non-hydrogen) atoms. The summed E-state index contributed by atoms with van der Waals surface area (Å²) in [5.74, 6) is 0.613. The molecule has 104 valence electrons. The molecule has 1 unspecified atom stereocenters. The maximum atomic E-state index is 11.8. The molecule has 0 bridgehead atoms. The number of hydrogen-bond acceptors (Lipinski definition) is 5. The topological polar surface area (TPSA) is 77.3 Å². The fourth-order valence-electron chi connectivity index (χ4n) is 2.14. The molecule has 1 aliphatic rings. The number of amides is 1. The van der Waals surface area contributed by atoms with E-state index in [1.54, 1.807) is 0 Å². The Morgan fingerprint density at radius 3 is 2.85 bits per heavy atom. The summed E-state index contributed by atoms with van der Waals surface area (Å²) in [5, 5.41) is 6.70. The summed E-state index contributed by atoms with van der Waals surface area (Å²) in [6.07, 6.45) is 2.11. The van der Waals surface area contributed by atoms with Crippen LogP contribution in [0.2, 0.25) is 0 Å². The van der Waals surface area contributed by atoms with E-state index in [1.165, 1.54) is 6.39 Å². The highest BCUT2D eigenvalue weighted by molar-refractivity contribution is 5.79. The average Bonchev–Trinajstić information content (AvgIpc) is 3.18. The normalized spacial score (nSPS) is 18.1. The van der Waals surface area contributed by atoms with Crippen molar-refractivity contribution in [2.75, 3.05) is 13.2 Å². The summed E-state index contributed by atoms with van der Waals surface area (Å²) in [5.41, 5.74) is 1.92. The zero-order valence-corrected chi connectivity index (χ0v) is 10.9. The number of carbonyl (C=O) groups excluding carboxylic acids is 1. The maximum Gasteiger partial charge on any atom is 0.225 e. The summed E-state index contributed by atoms with van der Waals surface area (Å²) in [4.78, 5) is 15.8. The number of nitrogens with one attached hydrogen (secondary N) is 1. The molecule has 2 aromatic rings. The van der Waals surface area contributed by atoms with Gasteiger partial charge in [0.15, 0.2) is 0 Å². The Morgan fingerprint density at radius 1 is 1.35 bits per heavy atom. The summed E-state index contributed by atoms with van der Waals surface area (Å²) >= 11 is 0. The van der Waals surface area contributed by atoms with E-state index in [-0.39, 0.29) is 11.8 Å². The van der Waals surface area contributed by atoms with Gasteiger partial charge in [-0.1, -0.05) is 29.4 Å². The molecule has 1 fully saturated rings. The third-order valence-electron chi connectivity index (χ3n) is 3.34. The second-order valence-electron chi connectivity index (χ2n) is 4.73. The third kappa shape index (κ3) is 2.85. The number of carbonyl (C=O) groups is 1. The van der Waals surface area contributed by atoms with E-state index >= 15 is 0 Å². The number of benzene rings is 1. The van der Waals surface area contributed by atoms with Gasteiger partial charge >= 0.3 is 0 Å². The van der Waals surface area contributed by atoms with Crippen molar-refractivity contribution < 1.29 is 14.1 Å². The van der Waals surface area contributed by atoms with E-state index in [9.17, 15) is 4.79 Å². The average molecular weight is 273 g/mol. The molecule has 1 saturated heterocycles. The minimum Gasteiger partial charge on any atom is -0.381 e. The van der Waals surface area contributed by atoms with Crippen LogP contribution < -0.4 is 5.32 Å². The number of aromatic nitrogens is 2. The molecule has 1 aromatic heterocycles. The van der Waals surface area contributed by atoms with Crippen LogP contribution in [0, 0.1) is 5.92 Å². The van der Waals surface area contributed by atoms with Gasteiger partial charge in [-0.25, -0.2) is 0 Å². The van der Waals surface area contributed by atoms with Gasteiger partial charge in [0, 0.05) is 18.7 Å². The van der Waals surface area contributed by atoms with Crippen molar-refractivity contribution in [1.82, 2.24) is 15.5 Å². The molecular formula is C14H15N3O3. The van der Waals surface area contributed by atoms with E-state index in [2.05, 4.69) is 15.5 Å². The van der Waals surface area contributed by atoms with Crippen LogP contribution in [0.5, 0.6) is 0 Å². The molecule has 1 atom stereocenters. The van der Waals surface area contributed by atoms with Gasteiger partial charge in [0.1, 0.15) is 0 Å². The van der Waals surface area contributed by atoms with Crippen molar-refractivity contribution in [3.63, 3.8) is 0 Å². The smallest absolute Gasteiger partial charge is 0.225 e. The van der Waals surface area contributed by atoms with Crippen LogP contribution in [0.1, 0.15) is 12.0 Å². The van der Waals surface area contributed by atoms with Crippen molar-refractivity contribution >= 4 is 5.91 Å². The molecule has 0 radical (unpaired) electrons. The first kappa shape index (κ1) is 12.8. The predicted octanol–water partition coefficient (Wildman–Crippen LogP) is 1.39. The largest absolute Gasteiger partial charge is 0.381 e. The van der Waals surface area contributed by atoms with Crippen molar-refractivity contribution in [3.8, 4) is 11.4 Å². The van der Waals surface area contributed by atoms with E-state index in [4.69, 9.17) is 9.26 Å². The lowest BCUT2D eigenvalue weighted by atomic mass is 10.1. The van der Waals surface area contributed by atoms with Crippen LogP contribution in [-0.4, -0.2) is 29.3 Å². The summed E-state index contributed by atoms with van der Waals surface area (Å²) in [6.45, 7) is 1.72. The van der Waals surface area contributed by atoms with Crippen LogP contribution in [0.4, 0.5) is 0 Å². The highest BCUT2D eigenvalue weighted by Gasteiger charge is 2.22. The molecule has 6 heteroatoms. The number of ether oxygens (including phenoxy) is 1. The molecule has 1 N–H and O–H groups in total. The van der Waals surface area contributed by atoms with Gasteiger partial charge in [-0.2, -0.15) is 4.98 Å². The minimum atomic E-state index is -0.00592. The lowest BCUT2D eigenvalue weighted by Crippen LogP contribution is -2.30. The Labute approximate surface area is 116 Å². The maximum absolute atomic E-state index is 11.8. The van der Waals surface area contributed by atoms with Gasteiger partial charge in [0.05, 0.1) is 12.5 Å². The second kappa shape index (κ2) is 5.83. The Bertz CT molecular complexity index is 560. The lowest BCUT2D eigenvalue weighted by Gasteiger charge is -2.09. The number of hydrogen-bond donors (Lipinski definition) is 1. The summed E-state index contributed by atoms with van der Waals surface area (Å²) in [6, 6.07) is 7.70. The highest BCUT2D eigenvalue weighted by Crippen LogP contribution is 2.16. The van der Waals surface area contributed by atoms with E-state index in [1.807, 2.05) is 24.3 Å². The van der Waals surface area contributed by atoms with Crippen LogP contribution in [0.3, 0.4) is 0 Å². The molecule has 1 aliphatic heterocycles. The van der Waals surface area contributed by atoms with Crippen LogP contribution in [0.25, 0.3) is 11.4 Å². The van der Waals surface area contributed by atoms with Crippen molar-refractivity contribution in [2.24, 2.45) is 5.92 Å². The first-order valence-electron chi connectivity index (χ1n) is 6.54. The second-order valence-corrected chi connectivity index (χ2v) is 4.73. The Hall–Kier alpha value is -2.21. The quantitative estimate of drug-likeness (QED) is 0.910. The van der Waals surface area contributed by atoms with Crippen LogP contribution in [-0.2, 0) is 16.1 Å². The van der Waals surface area contributed by atoms with Gasteiger partial charge in [-0.3, -0.25) is 4.79 Å². The van der Waals surface area contributed by atoms with Crippen LogP contribution in [0.15, 0.2) is 35.2 Å². The Kier molecular flexibility index (Phi) is 3.73. The first-order valence-corrected chi connectivity index (χ1v) is 6.54. The van der Waals surface area contributed by atoms with Gasteiger partial charge in [-0.15, -0.1) is 0 Å². The van der Waals surface area contributed by atoms with Crippen molar-refractivity contribution in [2.45, 2.75) is 13.0 Å². The van der Waals surface area contributed by atoms with E-state index < -0.39 is 0 Å². The minimum absolute atomic E-state index is 0.00592. The standard InChI is InChI=1S/C14H15N3O3/c18-14(12-5-6-19-8-12)15-7-10-1-3-11(4-2-10)13-16-9-20-17-13/h1-4,9,12H,5-8H2,(H,15,18). The van der Waals surface area contributed by atoms with E-state index in [0.717, 1.165) is 17.5 Å². The molecule has 1 amide bonds. The third-order valence-corrected chi connectivity index (χ3v) is 3.34. The Morgan fingerprint density at radius 2 is 2.20 bits per heavy atom. The summed E-state index contributed by atoms with van der Waals surface area (Å²) in [7, 11) is 0. The zero-order chi connectivity index (χ0) is 13.8. The number of nitrogens with zero attached hydrogens (tertiary/aromatic N) is 2. The van der Waals surface area contributed by atoms with Crippen molar-refractivity contribution in [1.29, 1.82) is 0 Å². The fraction of sp³-hybridized carbons (Fsp3) is 0.357. The van der Waals surface area contributed by atoms with Gasteiger partial charge < -0.3 is 14.6 Å². The molecule has 2 heterocycles. The highest BCUT2D eigenvalue weighted by atomic mass is 16.5. The predicted molar refractivity (Wildman–Crippen MR) is 70.5 cm³/mol. The monoisotopic (exact) mass is 273 g/mol. The molecule has 6 nitrogen and oxygen atoms in total. The van der Waals surface area contributed by atoms with Gasteiger partial charge in [0.25, 0.3) is 0 Å². The fourth-order valence-corrected chi connectivity index (χ4v) is 2.14. The molecule has 0 saturated carbocycles. The molecule has 1 aromatic carbocycles. The molecular weight excluding hydrogens is 258 g/mol. The van der Waals surface area contributed by atoms with Crippen LogP contribution >= 0.6 is 0 Å². The van der Waals surface area contributed by atoms with Crippen molar-refractivity contribution in [3.05, 3.63) is 36.2 Å². The van der Waals surface area contributed by atoms with E-state index in [0.29, 0.717) is 25.6 Å². The number of rotatable bonds is 4. The SMILES string of the molecule is O=C(NCc1ccc(-c2ncon2)cc1)C1CCOC1. The van der Waals surface area contributed by atoms with Gasteiger partial charge in [0.2, 0.25) is 18.1 Å². The lowest BCUT2D eigenvalue weighted by molar-refractivity contribution is -0.125. The molecule has 3 rings (SSSR count). The first-order chi connectivity index (χ1) is 9.83. The summed E-state index contributed by atoms with van der Waals surface area (Å²) < 4.78 is 9.91. The Balaban J connectivity index is 1.57. The van der Waals surface area contributed by atoms with Gasteiger partial charge in [-0.05, 0) is 12.0 Å². The molecule has 0 spiro atoms. The zero-order valence-electron chi connectivity index (χ0n) is 10.9.